The highest BCUT2D eigenvalue weighted by Gasteiger charge is 2.19. The van der Waals surface area contributed by atoms with Gasteiger partial charge in [0.25, 0.3) is 0 Å². The maximum Gasteiger partial charge on any atom is 0.0777 e. The molecule has 0 radical (unpaired) electrons. The molecule has 1 atom stereocenters. The number of halogens is 1. The van der Waals surface area contributed by atoms with Gasteiger partial charge >= 0.3 is 0 Å². The number of aryl methyl sites for hydroxylation is 2. The third-order valence-electron chi connectivity index (χ3n) is 2.52. The van der Waals surface area contributed by atoms with Gasteiger partial charge in [-0.05, 0) is 44.0 Å². The molecule has 0 bridgehead atoms. The Morgan fingerprint density at radius 1 is 1.31 bits per heavy atom. The van der Waals surface area contributed by atoms with Crippen molar-refractivity contribution >= 4 is 34.3 Å². The average Bonchev–Trinajstić information content (AvgIpc) is 2.81. The Bertz CT molecular complexity index is 487. The Morgan fingerprint density at radius 2 is 2.06 bits per heavy atom. The van der Waals surface area contributed by atoms with Gasteiger partial charge in [-0.25, -0.2) is 0 Å². The fourth-order valence-electron chi connectivity index (χ4n) is 1.66. The van der Waals surface area contributed by atoms with Crippen molar-refractivity contribution in [2.24, 2.45) is 0 Å². The first-order valence-corrected chi connectivity index (χ1v) is 7.18. The van der Waals surface area contributed by atoms with Crippen LogP contribution < -0.4 is 5.32 Å². The van der Waals surface area contributed by atoms with Crippen LogP contribution in [-0.2, 0) is 0 Å². The molecule has 0 saturated heterocycles. The second kappa shape index (κ2) is 4.88. The van der Waals surface area contributed by atoms with Crippen molar-refractivity contribution in [1.82, 2.24) is 5.32 Å². The van der Waals surface area contributed by atoms with Crippen molar-refractivity contribution in [3.63, 3.8) is 0 Å². The molecular weight excluding hydrogens is 258 g/mol. The number of rotatable bonds is 3. The van der Waals surface area contributed by atoms with Crippen molar-refractivity contribution in [3.05, 3.63) is 42.7 Å². The quantitative estimate of drug-likeness (QED) is 0.873. The fourth-order valence-corrected chi connectivity index (χ4v) is 4.16. The molecule has 0 saturated carbocycles. The smallest absolute Gasteiger partial charge is 0.0777 e. The van der Waals surface area contributed by atoms with Crippen LogP contribution in [0.1, 0.15) is 26.2 Å². The van der Waals surface area contributed by atoms with Gasteiger partial charge in [0, 0.05) is 14.6 Å². The molecule has 16 heavy (non-hydrogen) atoms. The Hall–Kier alpha value is -0.350. The minimum absolute atomic E-state index is 0.227. The summed E-state index contributed by atoms with van der Waals surface area (Å²) in [4.78, 5) is 3.87. The van der Waals surface area contributed by atoms with Gasteiger partial charge in [-0.1, -0.05) is 11.6 Å². The predicted octanol–water partition coefficient (Wildman–Crippen LogP) is 4.39. The topological polar surface area (TPSA) is 12.0 Å². The second-order valence-corrected chi connectivity index (χ2v) is 6.38. The van der Waals surface area contributed by atoms with Gasteiger partial charge in [0.1, 0.15) is 0 Å². The van der Waals surface area contributed by atoms with E-state index in [4.69, 9.17) is 11.6 Å². The summed E-state index contributed by atoms with van der Waals surface area (Å²) in [7, 11) is 1.98. The van der Waals surface area contributed by atoms with E-state index in [1.807, 2.05) is 18.4 Å². The lowest BCUT2D eigenvalue weighted by Gasteiger charge is -2.13. The van der Waals surface area contributed by atoms with Gasteiger partial charge < -0.3 is 5.32 Å². The third kappa shape index (κ3) is 2.18. The molecule has 0 aliphatic rings. The standard InChI is InChI=1S/C12H14ClNS2/c1-7-6-15-12(10(7)13)11(14-3)9-5-4-8(2)16-9/h4-6,11,14H,1-3H3. The number of thiophene rings is 2. The molecule has 86 valence electrons. The number of hydrogen-bond donors (Lipinski definition) is 1. The molecule has 4 heteroatoms. The van der Waals surface area contributed by atoms with Crippen LogP contribution in [0, 0.1) is 13.8 Å². The molecule has 0 amide bonds. The van der Waals surface area contributed by atoms with Crippen molar-refractivity contribution in [3.8, 4) is 0 Å². The van der Waals surface area contributed by atoms with E-state index >= 15 is 0 Å². The Balaban J connectivity index is 2.40. The zero-order valence-electron chi connectivity index (χ0n) is 9.50. The van der Waals surface area contributed by atoms with Crippen LogP contribution in [-0.4, -0.2) is 7.05 Å². The zero-order chi connectivity index (χ0) is 11.7. The van der Waals surface area contributed by atoms with E-state index in [9.17, 15) is 0 Å². The summed E-state index contributed by atoms with van der Waals surface area (Å²) in [5, 5.41) is 6.35. The normalized spacial score (nSPS) is 13.0. The van der Waals surface area contributed by atoms with Crippen LogP contribution in [0.25, 0.3) is 0 Å². The van der Waals surface area contributed by atoms with Crippen LogP contribution in [0.15, 0.2) is 17.5 Å². The van der Waals surface area contributed by atoms with Crippen molar-refractivity contribution in [2.45, 2.75) is 19.9 Å². The van der Waals surface area contributed by atoms with E-state index in [0.29, 0.717) is 0 Å². The molecule has 2 heterocycles. The summed E-state index contributed by atoms with van der Waals surface area (Å²) in [6.45, 7) is 4.18. The molecule has 0 aromatic carbocycles. The van der Waals surface area contributed by atoms with Gasteiger partial charge in [-0.15, -0.1) is 22.7 Å². The lowest BCUT2D eigenvalue weighted by Crippen LogP contribution is -2.15. The maximum atomic E-state index is 6.31. The summed E-state index contributed by atoms with van der Waals surface area (Å²) in [6.07, 6.45) is 0. The molecule has 0 fully saturated rings. The Morgan fingerprint density at radius 3 is 2.50 bits per heavy atom. The van der Waals surface area contributed by atoms with E-state index in [1.165, 1.54) is 14.6 Å². The molecule has 0 aliphatic carbocycles. The molecule has 0 spiro atoms. The molecule has 1 N–H and O–H groups in total. The van der Waals surface area contributed by atoms with E-state index in [1.54, 1.807) is 11.3 Å². The monoisotopic (exact) mass is 271 g/mol. The second-order valence-electron chi connectivity index (χ2n) is 3.77. The van der Waals surface area contributed by atoms with Gasteiger partial charge in [-0.2, -0.15) is 0 Å². The minimum atomic E-state index is 0.227. The lowest BCUT2D eigenvalue weighted by molar-refractivity contribution is 0.716. The van der Waals surface area contributed by atoms with Crippen LogP contribution in [0.5, 0.6) is 0 Å². The predicted molar refractivity (Wildman–Crippen MR) is 74.0 cm³/mol. The molecule has 1 unspecified atom stereocenters. The van der Waals surface area contributed by atoms with Crippen LogP contribution in [0.2, 0.25) is 5.02 Å². The van der Waals surface area contributed by atoms with Crippen LogP contribution in [0.4, 0.5) is 0 Å². The average molecular weight is 272 g/mol. The molecule has 2 aromatic heterocycles. The van der Waals surface area contributed by atoms with Crippen molar-refractivity contribution in [1.29, 1.82) is 0 Å². The number of nitrogens with one attached hydrogen (secondary N) is 1. The van der Waals surface area contributed by atoms with Gasteiger partial charge in [0.2, 0.25) is 0 Å². The highest BCUT2D eigenvalue weighted by molar-refractivity contribution is 7.13. The lowest BCUT2D eigenvalue weighted by atomic mass is 10.2. The summed E-state index contributed by atoms with van der Waals surface area (Å²) in [5.41, 5.74) is 1.16. The molecule has 2 aromatic rings. The summed E-state index contributed by atoms with van der Waals surface area (Å²) < 4.78 is 0. The van der Waals surface area contributed by atoms with Gasteiger partial charge in [-0.3, -0.25) is 0 Å². The Labute approximate surface area is 109 Å². The first-order valence-electron chi connectivity index (χ1n) is 5.10. The Kier molecular flexibility index (Phi) is 3.70. The zero-order valence-corrected chi connectivity index (χ0v) is 11.9. The van der Waals surface area contributed by atoms with E-state index in [-0.39, 0.29) is 6.04 Å². The SMILES string of the molecule is CNC(c1ccc(C)s1)c1scc(C)c1Cl. The fraction of sp³-hybridized carbons (Fsp3) is 0.333. The van der Waals surface area contributed by atoms with Crippen LogP contribution >= 0.6 is 34.3 Å². The van der Waals surface area contributed by atoms with E-state index in [0.717, 1.165) is 10.6 Å². The number of hydrogen-bond acceptors (Lipinski definition) is 3. The summed E-state index contributed by atoms with van der Waals surface area (Å²) >= 11 is 9.86. The van der Waals surface area contributed by atoms with Crippen LogP contribution in [0.3, 0.4) is 0 Å². The van der Waals surface area contributed by atoms with Crippen molar-refractivity contribution < 1.29 is 0 Å². The molecule has 1 nitrogen and oxygen atoms in total. The highest BCUT2D eigenvalue weighted by Crippen LogP contribution is 2.37. The summed E-state index contributed by atoms with van der Waals surface area (Å²) in [5.74, 6) is 0. The summed E-state index contributed by atoms with van der Waals surface area (Å²) in [6, 6.07) is 4.55. The highest BCUT2D eigenvalue weighted by atomic mass is 35.5. The van der Waals surface area contributed by atoms with Gasteiger partial charge in [0.05, 0.1) is 11.1 Å². The first kappa shape index (κ1) is 12.1. The minimum Gasteiger partial charge on any atom is -0.308 e. The third-order valence-corrected chi connectivity index (χ3v) is 5.37. The largest absolute Gasteiger partial charge is 0.308 e. The van der Waals surface area contributed by atoms with E-state index < -0.39 is 0 Å². The molecule has 0 aliphatic heterocycles. The van der Waals surface area contributed by atoms with Gasteiger partial charge in [0.15, 0.2) is 0 Å². The molecule has 2 rings (SSSR count). The molecular formula is C12H14ClNS2. The van der Waals surface area contributed by atoms with Crippen molar-refractivity contribution in [2.75, 3.05) is 7.05 Å². The first-order chi connectivity index (χ1) is 7.63. The van der Waals surface area contributed by atoms with E-state index in [2.05, 4.69) is 36.7 Å². The maximum absolute atomic E-state index is 6.31.